The number of nitrogens with zero attached hydrogens (tertiary/aromatic N) is 1. The van der Waals surface area contributed by atoms with E-state index in [4.69, 9.17) is 17.0 Å². The van der Waals surface area contributed by atoms with Crippen molar-refractivity contribution in [3.8, 4) is 0 Å². The second kappa shape index (κ2) is 8.10. The Morgan fingerprint density at radius 2 is 2.27 bits per heavy atom. The maximum absolute atomic E-state index is 11.8. The van der Waals surface area contributed by atoms with Crippen LogP contribution in [0.1, 0.15) is 24.8 Å². The predicted octanol–water partition coefficient (Wildman–Crippen LogP) is 2.44. The summed E-state index contributed by atoms with van der Waals surface area (Å²) >= 11 is 5.26. The molecule has 0 unspecified atom stereocenters. The van der Waals surface area contributed by atoms with Gasteiger partial charge in [-0.3, -0.25) is 4.79 Å². The molecule has 0 aliphatic carbocycles. The van der Waals surface area contributed by atoms with Crippen molar-refractivity contribution in [1.29, 1.82) is 0 Å². The van der Waals surface area contributed by atoms with Crippen molar-refractivity contribution in [2.24, 2.45) is 0 Å². The molecule has 5 nitrogen and oxygen atoms in total. The van der Waals surface area contributed by atoms with E-state index in [9.17, 15) is 4.79 Å². The quantitative estimate of drug-likeness (QED) is 0.623. The van der Waals surface area contributed by atoms with E-state index in [-0.39, 0.29) is 5.91 Å². The molecule has 0 bridgehead atoms. The van der Waals surface area contributed by atoms with Crippen LogP contribution in [0.2, 0.25) is 0 Å². The number of amides is 1. The van der Waals surface area contributed by atoms with Crippen LogP contribution in [0, 0.1) is 6.92 Å². The van der Waals surface area contributed by atoms with Gasteiger partial charge >= 0.3 is 0 Å². The molecule has 1 aromatic carbocycles. The van der Waals surface area contributed by atoms with Gasteiger partial charge in [0.1, 0.15) is 0 Å². The molecular weight excluding hydrogens is 298 g/mol. The van der Waals surface area contributed by atoms with Gasteiger partial charge in [-0.05, 0) is 55.7 Å². The molecule has 1 aliphatic heterocycles. The second-order valence-electron chi connectivity index (χ2n) is 5.38. The highest BCUT2D eigenvalue weighted by molar-refractivity contribution is 7.80. The van der Waals surface area contributed by atoms with E-state index in [2.05, 4.69) is 10.6 Å². The van der Waals surface area contributed by atoms with Gasteiger partial charge in [0.25, 0.3) is 0 Å². The van der Waals surface area contributed by atoms with Crippen LogP contribution in [0.3, 0.4) is 0 Å². The summed E-state index contributed by atoms with van der Waals surface area (Å²) in [6.45, 7) is 4.32. The number of nitrogens with one attached hydrogen (secondary N) is 2. The highest BCUT2D eigenvalue weighted by atomic mass is 32.1. The number of thiocarbonyl (C=S) groups is 1. The SMILES string of the molecule is COCCCNC(=S)Nc1ccc(N2CCCC2=O)c(C)c1. The lowest BCUT2D eigenvalue weighted by molar-refractivity contribution is -0.117. The van der Waals surface area contributed by atoms with Crippen molar-refractivity contribution in [3.05, 3.63) is 23.8 Å². The largest absolute Gasteiger partial charge is 0.385 e. The van der Waals surface area contributed by atoms with Gasteiger partial charge in [0, 0.05) is 44.6 Å². The number of aryl methyl sites for hydroxylation is 1. The van der Waals surface area contributed by atoms with Crippen LogP contribution in [0.15, 0.2) is 18.2 Å². The van der Waals surface area contributed by atoms with Crippen molar-refractivity contribution < 1.29 is 9.53 Å². The Hall–Kier alpha value is -1.66. The highest BCUT2D eigenvalue weighted by Gasteiger charge is 2.22. The molecule has 0 saturated carbocycles. The number of hydrogen-bond donors (Lipinski definition) is 2. The van der Waals surface area contributed by atoms with Gasteiger partial charge in [-0.2, -0.15) is 0 Å². The van der Waals surface area contributed by atoms with E-state index in [1.807, 2.05) is 30.0 Å². The summed E-state index contributed by atoms with van der Waals surface area (Å²) in [6.07, 6.45) is 2.50. The Balaban J connectivity index is 1.92. The van der Waals surface area contributed by atoms with E-state index < -0.39 is 0 Å². The molecule has 0 aromatic heterocycles. The summed E-state index contributed by atoms with van der Waals surface area (Å²) in [5.74, 6) is 0.208. The number of carbonyl (C=O) groups excluding carboxylic acids is 1. The zero-order valence-electron chi connectivity index (χ0n) is 13.1. The summed E-state index contributed by atoms with van der Waals surface area (Å²) in [4.78, 5) is 13.7. The van der Waals surface area contributed by atoms with E-state index >= 15 is 0 Å². The molecular formula is C16H23N3O2S. The van der Waals surface area contributed by atoms with Crippen LogP contribution >= 0.6 is 12.2 Å². The molecule has 0 atom stereocenters. The second-order valence-corrected chi connectivity index (χ2v) is 5.79. The van der Waals surface area contributed by atoms with Gasteiger partial charge in [0.2, 0.25) is 5.91 Å². The molecule has 1 fully saturated rings. The number of carbonyl (C=O) groups is 1. The Bertz CT molecular complexity index is 548. The first-order valence-corrected chi connectivity index (χ1v) is 7.97. The van der Waals surface area contributed by atoms with Gasteiger partial charge in [0.15, 0.2) is 5.11 Å². The summed E-state index contributed by atoms with van der Waals surface area (Å²) in [6, 6.07) is 5.95. The number of benzene rings is 1. The third-order valence-electron chi connectivity index (χ3n) is 3.63. The first kappa shape index (κ1) is 16.7. The van der Waals surface area contributed by atoms with Crippen LogP contribution in [-0.2, 0) is 9.53 Å². The maximum atomic E-state index is 11.8. The molecule has 22 heavy (non-hydrogen) atoms. The average molecular weight is 321 g/mol. The number of hydrogen-bond acceptors (Lipinski definition) is 3. The molecule has 0 radical (unpaired) electrons. The summed E-state index contributed by atoms with van der Waals surface area (Å²) < 4.78 is 4.99. The molecule has 2 N–H and O–H groups in total. The minimum atomic E-state index is 0.208. The monoisotopic (exact) mass is 321 g/mol. The van der Waals surface area contributed by atoms with Crippen molar-refractivity contribution in [2.45, 2.75) is 26.2 Å². The summed E-state index contributed by atoms with van der Waals surface area (Å²) in [5.41, 5.74) is 2.99. The van der Waals surface area contributed by atoms with Gasteiger partial charge in [0.05, 0.1) is 0 Å². The predicted molar refractivity (Wildman–Crippen MR) is 93.5 cm³/mol. The first-order chi connectivity index (χ1) is 10.6. The number of rotatable bonds is 6. The normalized spacial score (nSPS) is 14.3. The minimum Gasteiger partial charge on any atom is -0.385 e. The lowest BCUT2D eigenvalue weighted by Crippen LogP contribution is -2.30. The van der Waals surface area contributed by atoms with Crippen molar-refractivity contribution in [1.82, 2.24) is 5.32 Å². The van der Waals surface area contributed by atoms with Crippen LogP contribution in [-0.4, -0.2) is 37.8 Å². The maximum Gasteiger partial charge on any atom is 0.227 e. The molecule has 1 amide bonds. The van der Waals surface area contributed by atoms with Crippen LogP contribution < -0.4 is 15.5 Å². The van der Waals surface area contributed by atoms with Gasteiger partial charge < -0.3 is 20.3 Å². The lowest BCUT2D eigenvalue weighted by atomic mass is 10.1. The van der Waals surface area contributed by atoms with Gasteiger partial charge in [-0.15, -0.1) is 0 Å². The molecule has 1 saturated heterocycles. The molecule has 2 rings (SSSR count). The van der Waals surface area contributed by atoms with Crippen molar-refractivity contribution >= 4 is 34.6 Å². The van der Waals surface area contributed by atoms with Crippen molar-refractivity contribution in [2.75, 3.05) is 37.0 Å². The van der Waals surface area contributed by atoms with E-state index in [1.54, 1.807) is 7.11 Å². The van der Waals surface area contributed by atoms with Crippen LogP contribution in [0.25, 0.3) is 0 Å². The fourth-order valence-electron chi connectivity index (χ4n) is 2.53. The Morgan fingerprint density at radius 1 is 1.45 bits per heavy atom. The molecule has 6 heteroatoms. The first-order valence-electron chi connectivity index (χ1n) is 7.56. The minimum absolute atomic E-state index is 0.208. The van der Waals surface area contributed by atoms with Crippen LogP contribution in [0.4, 0.5) is 11.4 Å². The number of anilines is 2. The van der Waals surface area contributed by atoms with E-state index in [0.717, 1.165) is 42.9 Å². The number of ether oxygens (including phenoxy) is 1. The molecule has 1 aromatic rings. The zero-order valence-corrected chi connectivity index (χ0v) is 14.0. The van der Waals surface area contributed by atoms with E-state index in [1.165, 1.54) is 0 Å². The number of methoxy groups -OCH3 is 1. The Kier molecular flexibility index (Phi) is 6.15. The van der Waals surface area contributed by atoms with Gasteiger partial charge in [-0.1, -0.05) is 0 Å². The van der Waals surface area contributed by atoms with Gasteiger partial charge in [-0.25, -0.2) is 0 Å². The molecule has 1 heterocycles. The smallest absolute Gasteiger partial charge is 0.227 e. The molecule has 1 aliphatic rings. The average Bonchev–Trinajstić information content (AvgIpc) is 2.90. The molecule has 120 valence electrons. The Morgan fingerprint density at radius 3 is 2.91 bits per heavy atom. The molecule has 0 spiro atoms. The van der Waals surface area contributed by atoms with E-state index in [0.29, 0.717) is 18.1 Å². The lowest BCUT2D eigenvalue weighted by Gasteiger charge is -2.19. The highest BCUT2D eigenvalue weighted by Crippen LogP contribution is 2.27. The van der Waals surface area contributed by atoms with Crippen LogP contribution in [0.5, 0.6) is 0 Å². The third kappa shape index (κ3) is 4.42. The zero-order chi connectivity index (χ0) is 15.9. The standard InChI is InChI=1S/C16H23N3O2S/c1-12-11-13(18-16(22)17-8-4-10-21-2)6-7-14(12)19-9-3-5-15(19)20/h6-7,11H,3-5,8-10H2,1-2H3,(H2,17,18,22). The summed E-state index contributed by atoms with van der Waals surface area (Å²) in [5, 5.41) is 6.90. The Labute approximate surface area is 137 Å². The third-order valence-corrected chi connectivity index (χ3v) is 3.88. The topological polar surface area (TPSA) is 53.6 Å². The summed E-state index contributed by atoms with van der Waals surface area (Å²) in [7, 11) is 1.69. The fraction of sp³-hybridized carbons (Fsp3) is 0.500. The fourth-order valence-corrected chi connectivity index (χ4v) is 2.75. The van der Waals surface area contributed by atoms with Crippen molar-refractivity contribution in [3.63, 3.8) is 0 Å².